The van der Waals surface area contributed by atoms with E-state index in [0.29, 0.717) is 48.6 Å². The van der Waals surface area contributed by atoms with Gasteiger partial charge in [-0.1, -0.05) is 53.3 Å². The molecular formula is C29H31ClN6O3S. The number of nitrogens with one attached hydrogen (secondary N) is 2. The van der Waals surface area contributed by atoms with Gasteiger partial charge in [-0.3, -0.25) is 14.6 Å². The molecule has 0 unspecified atom stereocenters. The number of ether oxygens (including phenoxy) is 1. The number of hydrogen-bond donors (Lipinski definition) is 3. The quantitative estimate of drug-likeness (QED) is 0.262. The Balaban J connectivity index is 1.31. The molecule has 1 fully saturated rings. The predicted octanol–water partition coefficient (Wildman–Crippen LogP) is 4.83. The van der Waals surface area contributed by atoms with E-state index >= 15 is 0 Å². The lowest BCUT2D eigenvalue weighted by Gasteiger charge is -2.30. The van der Waals surface area contributed by atoms with Gasteiger partial charge < -0.3 is 21.1 Å². The van der Waals surface area contributed by atoms with Crippen molar-refractivity contribution in [3.05, 3.63) is 83.4 Å². The summed E-state index contributed by atoms with van der Waals surface area (Å²) in [6, 6.07) is 21.4. The zero-order valence-corrected chi connectivity index (χ0v) is 23.5. The molecule has 2 heterocycles. The van der Waals surface area contributed by atoms with Crippen molar-refractivity contribution in [2.45, 2.75) is 12.5 Å². The van der Waals surface area contributed by atoms with Gasteiger partial charge in [-0.25, -0.2) is 9.78 Å². The van der Waals surface area contributed by atoms with Crippen LogP contribution in [0.25, 0.3) is 10.2 Å². The molecule has 5 rings (SSSR count). The fourth-order valence-electron chi connectivity index (χ4n) is 4.43. The minimum absolute atomic E-state index is 0.250. The molecule has 0 spiro atoms. The standard InChI is InChI=1S/C29H31ClN6O3S/c30-21-6-8-22(9-7-21)32-29(38)36(13-12-35-14-16-39-17-15-35)23-10-11-25-26(19-23)40-28(33-25)34-27(37)24(31)18-20-4-2-1-3-5-20/h1-11,19,24H,12-18,31H2,(H,32,38)(H,33,34,37)/t24-/m0/s1. The van der Waals surface area contributed by atoms with Crippen LogP contribution >= 0.6 is 22.9 Å². The molecule has 1 atom stereocenters. The van der Waals surface area contributed by atoms with Gasteiger partial charge >= 0.3 is 6.03 Å². The SMILES string of the molecule is N[C@@H](Cc1ccccc1)C(=O)Nc1nc2ccc(N(CCN3CCOCC3)C(=O)Nc3ccc(Cl)cc3)cc2s1. The Morgan fingerprint density at radius 1 is 1.05 bits per heavy atom. The van der Waals surface area contributed by atoms with Gasteiger partial charge in [0.2, 0.25) is 5.91 Å². The lowest BCUT2D eigenvalue weighted by molar-refractivity contribution is -0.117. The van der Waals surface area contributed by atoms with Crippen molar-refractivity contribution in [1.82, 2.24) is 9.88 Å². The number of carbonyl (C=O) groups is 2. The second-order valence-electron chi connectivity index (χ2n) is 9.50. The normalized spacial score (nSPS) is 14.6. The molecule has 1 aliphatic heterocycles. The Morgan fingerprint density at radius 3 is 2.55 bits per heavy atom. The highest BCUT2D eigenvalue weighted by Gasteiger charge is 2.21. The average Bonchev–Trinajstić information content (AvgIpc) is 3.37. The van der Waals surface area contributed by atoms with Gasteiger partial charge in [-0.05, 0) is 54.4 Å². The first-order valence-electron chi connectivity index (χ1n) is 13.1. The predicted molar refractivity (Wildman–Crippen MR) is 161 cm³/mol. The lowest BCUT2D eigenvalue weighted by atomic mass is 10.1. The summed E-state index contributed by atoms with van der Waals surface area (Å²) in [4.78, 5) is 34.7. The number of rotatable bonds is 9. The van der Waals surface area contributed by atoms with E-state index in [2.05, 4.69) is 20.5 Å². The molecule has 4 N–H and O–H groups in total. The molecular weight excluding hydrogens is 548 g/mol. The molecule has 0 bridgehead atoms. The summed E-state index contributed by atoms with van der Waals surface area (Å²) in [5.41, 5.74) is 9.26. The van der Waals surface area contributed by atoms with Crippen LogP contribution in [0.4, 0.5) is 21.3 Å². The summed E-state index contributed by atoms with van der Waals surface area (Å²) >= 11 is 7.35. The number of benzene rings is 3. The smallest absolute Gasteiger partial charge is 0.326 e. The molecule has 208 valence electrons. The van der Waals surface area contributed by atoms with E-state index in [1.54, 1.807) is 29.2 Å². The van der Waals surface area contributed by atoms with Crippen LogP contribution in [0.15, 0.2) is 72.8 Å². The van der Waals surface area contributed by atoms with E-state index in [0.717, 1.165) is 34.6 Å². The Morgan fingerprint density at radius 2 is 1.80 bits per heavy atom. The Bertz CT molecular complexity index is 1440. The first kappa shape index (κ1) is 28.0. The van der Waals surface area contributed by atoms with E-state index in [1.807, 2.05) is 48.5 Å². The zero-order chi connectivity index (χ0) is 27.9. The molecule has 3 amide bonds. The van der Waals surface area contributed by atoms with Gasteiger partial charge in [0.05, 0.1) is 29.5 Å². The van der Waals surface area contributed by atoms with Crippen molar-refractivity contribution in [3.63, 3.8) is 0 Å². The molecule has 9 nitrogen and oxygen atoms in total. The van der Waals surface area contributed by atoms with Crippen molar-refractivity contribution in [2.24, 2.45) is 5.73 Å². The highest BCUT2D eigenvalue weighted by Crippen LogP contribution is 2.30. The maximum absolute atomic E-state index is 13.4. The molecule has 0 aliphatic carbocycles. The van der Waals surface area contributed by atoms with E-state index in [4.69, 9.17) is 22.1 Å². The monoisotopic (exact) mass is 578 g/mol. The van der Waals surface area contributed by atoms with Crippen LogP contribution in [0.5, 0.6) is 0 Å². The van der Waals surface area contributed by atoms with Gasteiger partial charge in [0.1, 0.15) is 0 Å². The van der Waals surface area contributed by atoms with Crippen LogP contribution in [0.2, 0.25) is 5.02 Å². The maximum Gasteiger partial charge on any atom is 0.326 e. The second kappa shape index (κ2) is 13.2. The van der Waals surface area contributed by atoms with Crippen molar-refractivity contribution < 1.29 is 14.3 Å². The van der Waals surface area contributed by atoms with E-state index < -0.39 is 6.04 Å². The van der Waals surface area contributed by atoms with Crippen molar-refractivity contribution in [2.75, 3.05) is 54.9 Å². The topological polar surface area (TPSA) is 113 Å². The fourth-order valence-corrected chi connectivity index (χ4v) is 5.46. The number of urea groups is 1. The summed E-state index contributed by atoms with van der Waals surface area (Å²) in [5, 5.41) is 6.88. The summed E-state index contributed by atoms with van der Waals surface area (Å²) in [6.07, 6.45) is 0.433. The summed E-state index contributed by atoms with van der Waals surface area (Å²) in [6.45, 7) is 4.23. The minimum atomic E-state index is -0.697. The Hall–Kier alpha value is -3.54. The largest absolute Gasteiger partial charge is 0.379 e. The highest BCUT2D eigenvalue weighted by atomic mass is 35.5. The summed E-state index contributed by atoms with van der Waals surface area (Å²) in [5.74, 6) is -0.294. The first-order valence-corrected chi connectivity index (χ1v) is 14.3. The van der Waals surface area contributed by atoms with Crippen LogP contribution in [-0.4, -0.2) is 67.3 Å². The number of aromatic nitrogens is 1. The summed E-state index contributed by atoms with van der Waals surface area (Å²) < 4.78 is 6.31. The van der Waals surface area contributed by atoms with E-state index in [1.165, 1.54) is 11.3 Å². The number of morpholine rings is 1. The molecule has 0 saturated carbocycles. The van der Waals surface area contributed by atoms with Gasteiger partial charge in [-0.2, -0.15) is 0 Å². The van der Waals surface area contributed by atoms with Crippen molar-refractivity contribution in [1.29, 1.82) is 0 Å². The number of fused-ring (bicyclic) bond motifs is 1. The van der Waals surface area contributed by atoms with Crippen LogP contribution < -0.4 is 21.3 Å². The maximum atomic E-state index is 13.4. The molecule has 1 saturated heterocycles. The van der Waals surface area contributed by atoms with Crippen molar-refractivity contribution in [3.8, 4) is 0 Å². The third kappa shape index (κ3) is 7.35. The van der Waals surface area contributed by atoms with Gasteiger partial charge in [-0.15, -0.1) is 0 Å². The number of thiazole rings is 1. The summed E-state index contributed by atoms with van der Waals surface area (Å²) in [7, 11) is 0. The number of nitrogens with zero attached hydrogens (tertiary/aromatic N) is 3. The third-order valence-corrected chi connectivity index (χ3v) is 7.82. The van der Waals surface area contributed by atoms with Crippen molar-refractivity contribution >= 4 is 61.6 Å². The molecule has 4 aromatic rings. The lowest BCUT2D eigenvalue weighted by Crippen LogP contribution is -2.44. The first-order chi connectivity index (χ1) is 19.4. The van der Waals surface area contributed by atoms with Crippen LogP contribution in [0.3, 0.4) is 0 Å². The number of halogens is 1. The highest BCUT2D eigenvalue weighted by molar-refractivity contribution is 7.22. The molecule has 11 heteroatoms. The van der Waals surface area contributed by atoms with Gasteiger partial charge in [0, 0.05) is 42.6 Å². The molecule has 40 heavy (non-hydrogen) atoms. The number of anilines is 3. The molecule has 0 radical (unpaired) electrons. The Kier molecular flexibility index (Phi) is 9.25. The number of hydrogen-bond acceptors (Lipinski definition) is 7. The van der Waals surface area contributed by atoms with Crippen LogP contribution in [0.1, 0.15) is 5.56 Å². The average molecular weight is 579 g/mol. The van der Waals surface area contributed by atoms with Gasteiger partial charge in [0.25, 0.3) is 0 Å². The third-order valence-electron chi connectivity index (χ3n) is 6.63. The molecule has 1 aromatic heterocycles. The Labute approximate surface area is 241 Å². The number of carbonyl (C=O) groups excluding carboxylic acids is 2. The van der Waals surface area contributed by atoms with Crippen LogP contribution in [0, 0.1) is 0 Å². The van der Waals surface area contributed by atoms with Crippen LogP contribution in [-0.2, 0) is 16.0 Å². The number of nitrogens with two attached hydrogens (primary N) is 1. The molecule has 1 aliphatic rings. The van der Waals surface area contributed by atoms with E-state index in [-0.39, 0.29) is 11.9 Å². The minimum Gasteiger partial charge on any atom is -0.379 e. The number of amides is 3. The zero-order valence-electron chi connectivity index (χ0n) is 21.9. The fraction of sp³-hybridized carbons (Fsp3) is 0.276. The van der Waals surface area contributed by atoms with Gasteiger partial charge in [0.15, 0.2) is 5.13 Å². The molecule has 3 aromatic carbocycles. The second-order valence-corrected chi connectivity index (χ2v) is 11.0. The van der Waals surface area contributed by atoms with E-state index in [9.17, 15) is 9.59 Å².